The van der Waals surface area contributed by atoms with E-state index in [-0.39, 0.29) is 28.2 Å². The third kappa shape index (κ3) is 5.53. The summed E-state index contributed by atoms with van der Waals surface area (Å²) < 4.78 is 64.7. The summed E-state index contributed by atoms with van der Waals surface area (Å²) in [5, 5.41) is 5.45. The molecule has 2 aromatic rings. The number of rotatable bonds is 7. The lowest BCUT2D eigenvalue weighted by Crippen LogP contribution is -2.41. The van der Waals surface area contributed by atoms with Gasteiger partial charge in [0.2, 0.25) is 0 Å². The van der Waals surface area contributed by atoms with Crippen molar-refractivity contribution in [3.8, 4) is 0 Å². The van der Waals surface area contributed by atoms with Gasteiger partial charge in [0.15, 0.2) is 9.84 Å². The van der Waals surface area contributed by atoms with Crippen LogP contribution in [0.15, 0.2) is 47.4 Å². The maximum atomic E-state index is 13.2. The monoisotopic (exact) mass is 500 g/mol. The Morgan fingerprint density at radius 1 is 1.12 bits per heavy atom. The summed E-state index contributed by atoms with van der Waals surface area (Å²) >= 11 is 5.93. The van der Waals surface area contributed by atoms with Crippen LogP contribution < -0.4 is 10.6 Å². The molecule has 178 valence electrons. The summed E-state index contributed by atoms with van der Waals surface area (Å²) in [4.78, 5) is 13.2. The number of carbonyl (C=O) groups excluding carboxylic acids is 1. The van der Waals surface area contributed by atoms with Crippen LogP contribution >= 0.6 is 11.6 Å². The summed E-state index contributed by atoms with van der Waals surface area (Å²) in [7, 11) is -3.38. The lowest BCUT2D eigenvalue weighted by atomic mass is 9.97. The minimum atomic E-state index is -4.68. The van der Waals surface area contributed by atoms with E-state index in [1.165, 1.54) is 18.2 Å². The first-order chi connectivity index (χ1) is 15.6. The molecule has 1 saturated heterocycles. The fraction of sp³-hybridized carbons (Fsp3) is 0.435. The van der Waals surface area contributed by atoms with E-state index in [0.717, 1.165) is 44.4 Å². The van der Waals surface area contributed by atoms with Crippen LogP contribution in [0.1, 0.15) is 53.2 Å². The van der Waals surface area contributed by atoms with Gasteiger partial charge in [0.1, 0.15) is 0 Å². The van der Waals surface area contributed by atoms with E-state index in [0.29, 0.717) is 5.56 Å². The molecule has 2 atom stereocenters. The number of nitrogens with one attached hydrogen (secondary N) is 2. The van der Waals surface area contributed by atoms with Crippen LogP contribution in [0.5, 0.6) is 0 Å². The summed E-state index contributed by atoms with van der Waals surface area (Å²) in [5.74, 6) is -0.373. The number of halogens is 4. The molecular weight excluding hydrogens is 477 g/mol. The number of carbonyl (C=O) groups is 1. The Labute approximate surface area is 195 Å². The summed E-state index contributed by atoms with van der Waals surface area (Å²) in [5.41, 5.74) is -0.674. The van der Waals surface area contributed by atoms with E-state index in [2.05, 4.69) is 10.6 Å². The Balaban J connectivity index is 1.59. The van der Waals surface area contributed by atoms with Gasteiger partial charge < -0.3 is 10.6 Å². The number of amides is 1. The summed E-state index contributed by atoms with van der Waals surface area (Å²) in [6, 6.07) is 8.87. The van der Waals surface area contributed by atoms with Crippen molar-refractivity contribution in [2.75, 3.05) is 12.3 Å². The number of benzene rings is 2. The Kier molecular flexibility index (Phi) is 6.75. The van der Waals surface area contributed by atoms with Crippen molar-refractivity contribution in [2.45, 2.75) is 48.8 Å². The van der Waals surface area contributed by atoms with Crippen molar-refractivity contribution in [2.24, 2.45) is 5.92 Å². The molecule has 0 radical (unpaired) electrons. The highest BCUT2D eigenvalue weighted by molar-refractivity contribution is 7.91. The normalized spacial score (nSPS) is 19.9. The van der Waals surface area contributed by atoms with Crippen molar-refractivity contribution in [1.82, 2.24) is 10.6 Å². The Morgan fingerprint density at radius 2 is 1.82 bits per heavy atom. The van der Waals surface area contributed by atoms with Gasteiger partial charge in [0.05, 0.1) is 32.8 Å². The van der Waals surface area contributed by atoms with Gasteiger partial charge in [-0.25, -0.2) is 8.42 Å². The molecule has 4 rings (SSSR count). The SMILES string of the molecule is O=C(N[C@H](c1ccc(S(=O)(=O)CC2CC2)cc1)[C@H]1CCCN1)c1cccc(C(F)(F)F)c1Cl. The van der Waals surface area contributed by atoms with Gasteiger partial charge in [-0.1, -0.05) is 29.8 Å². The predicted molar refractivity (Wildman–Crippen MR) is 119 cm³/mol. The first-order valence-electron chi connectivity index (χ1n) is 10.8. The number of hydrogen-bond donors (Lipinski definition) is 2. The highest BCUT2D eigenvalue weighted by Crippen LogP contribution is 2.37. The second kappa shape index (κ2) is 9.27. The van der Waals surface area contributed by atoms with E-state index in [1.807, 2.05) is 0 Å². The molecule has 0 bridgehead atoms. The second-order valence-corrected chi connectivity index (χ2v) is 11.0. The van der Waals surface area contributed by atoms with Gasteiger partial charge in [0, 0.05) is 6.04 Å². The minimum absolute atomic E-state index is 0.130. The van der Waals surface area contributed by atoms with Gasteiger partial charge in [-0.2, -0.15) is 13.2 Å². The molecule has 0 aromatic heterocycles. The van der Waals surface area contributed by atoms with Crippen LogP contribution in [-0.2, 0) is 16.0 Å². The maximum absolute atomic E-state index is 13.2. The van der Waals surface area contributed by atoms with Crippen LogP contribution in [0, 0.1) is 5.92 Å². The third-order valence-corrected chi connectivity index (χ3v) is 8.39. The van der Waals surface area contributed by atoms with Crippen molar-refractivity contribution in [3.05, 3.63) is 64.2 Å². The van der Waals surface area contributed by atoms with Crippen molar-refractivity contribution in [3.63, 3.8) is 0 Å². The van der Waals surface area contributed by atoms with E-state index < -0.39 is 38.5 Å². The fourth-order valence-corrected chi connectivity index (χ4v) is 6.15. The van der Waals surface area contributed by atoms with Crippen LogP contribution in [0.3, 0.4) is 0 Å². The average Bonchev–Trinajstić information content (AvgIpc) is 3.39. The Morgan fingerprint density at radius 3 is 2.39 bits per heavy atom. The van der Waals surface area contributed by atoms with Gasteiger partial charge in [-0.15, -0.1) is 0 Å². The standard InChI is InChI=1S/C23H24ClF3N2O3S/c24-20-17(3-1-4-18(20)23(25,26)27)22(30)29-21(19-5-2-12-28-19)15-8-10-16(11-9-15)33(31,32)13-14-6-7-14/h1,3-4,8-11,14,19,21,28H,2,5-7,12-13H2,(H,29,30)/t19-,21-/m1/s1. The third-order valence-electron chi connectivity index (χ3n) is 6.09. The molecule has 1 heterocycles. The molecule has 1 aliphatic carbocycles. The average molecular weight is 501 g/mol. The minimum Gasteiger partial charge on any atom is -0.344 e. The van der Waals surface area contributed by atoms with Crippen molar-refractivity contribution < 1.29 is 26.4 Å². The Bertz CT molecular complexity index is 1130. The highest BCUT2D eigenvalue weighted by atomic mass is 35.5. The molecule has 2 N–H and O–H groups in total. The zero-order chi connectivity index (χ0) is 23.8. The summed E-state index contributed by atoms with van der Waals surface area (Å²) in [6.07, 6.45) is -1.19. The topological polar surface area (TPSA) is 75.3 Å². The second-order valence-electron chi connectivity index (χ2n) is 8.61. The first-order valence-corrected chi connectivity index (χ1v) is 12.8. The Hall–Kier alpha value is -2.10. The largest absolute Gasteiger partial charge is 0.417 e. The zero-order valence-electron chi connectivity index (χ0n) is 17.7. The molecule has 0 spiro atoms. The number of hydrogen-bond acceptors (Lipinski definition) is 4. The predicted octanol–water partition coefficient (Wildman–Crippen LogP) is 4.77. The van der Waals surface area contributed by atoms with Crippen LogP contribution in [0.2, 0.25) is 5.02 Å². The van der Waals surface area contributed by atoms with E-state index in [9.17, 15) is 26.4 Å². The maximum Gasteiger partial charge on any atom is 0.417 e. The van der Waals surface area contributed by atoms with E-state index >= 15 is 0 Å². The summed E-state index contributed by atoms with van der Waals surface area (Å²) in [6.45, 7) is 0.745. The molecule has 33 heavy (non-hydrogen) atoms. The number of alkyl halides is 3. The van der Waals surface area contributed by atoms with E-state index in [4.69, 9.17) is 11.6 Å². The number of sulfone groups is 1. The van der Waals surface area contributed by atoms with Crippen LogP contribution in [-0.4, -0.2) is 32.7 Å². The quantitative estimate of drug-likeness (QED) is 0.574. The molecule has 1 saturated carbocycles. The van der Waals surface area contributed by atoms with Gasteiger partial charge in [0.25, 0.3) is 5.91 Å². The molecule has 1 amide bonds. The highest BCUT2D eigenvalue weighted by Gasteiger charge is 2.36. The van der Waals surface area contributed by atoms with Gasteiger partial charge in [-0.3, -0.25) is 4.79 Å². The lowest BCUT2D eigenvalue weighted by Gasteiger charge is -2.26. The van der Waals surface area contributed by atoms with Gasteiger partial charge >= 0.3 is 6.18 Å². The smallest absolute Gasteiger partial charge is 0.344 e. The molecule has 2 aliphatic rings. The molecular formula is C23H24ClF3N2O3S. The van der Waals surface area contributed by atoms with Gasteiger partial charge in [-0.05, 0) is 68.0 Å². The molecule has 10 heteroatoms. The zero-order valence-corrected chi connectivity index (χ0v) is 19.2. The first kappa shape index (κ1) is 24.0. The van der Waals surface area contributed by atoms with Crippen LogP contribution in [0.4, 0.5) is 13.2 Å². The van der Waals surface area contributed by atoms with E-state index in [1.54, 1.807) is 12.1 Å². The fourth-order valence-electron chi connectivity index (χ4n) is 4.13. The molecule has 2 fully saturated rings. The molecule has 1 aliphatic heterocycles. The van der Waals surface area contributed by atoms with Crippen LogP contribution in [0.25, 0.3) is 0 Å². The molecule has 0 unspecified atom stereocenters. The molecule has 2 aromatic carbocycles. The molecule has 5 nitrogen and oxygen atoms in total. The van der Waals surface area contributed by atoms with Crippen molar-refractivity contribution in [1.29, 1.82) is 0 Å². The lowest BCUT2D eigenvalue weighted by molar-refractivity contribution is -0.137. The van der Waals surface area contributed by atoms with Crippen molar-refractivity contribution >= 4 is 27.3 Å².